The Morgan fingerprint density at radius 2 is 1.79 bits per heavy atom. The van der Waals surface area contributed by atoms with Crippen LogP contribution in [0.25, 0.3) is 0 Å². The molecule has 0 saturated carbocycles. The van der Waals surface area contributed by atoms with E-state index in [0.717, 1.165) is 5.56 Å². The number of ether oxygens (including phenoxy) is 4. The van der Waals surface area contributed by atoms with Crippen LogP contribution >= 0.6 is 0 Å². The van der Waals surface area contributed by atoms with E-state index < -0.39 is 18.0 Å². The van der Waals surface area contributed by atoms with Crippen molar-refractivity contribution in [2.24, 2.45) is 5.41 Å². The summed E-state index contributed by atoms with van der Waals surface area (Å²) in [5.74, 6) is -1.43. The summed E-state index contributed by atoms with van der Waals surface area (Å²) in [7, 11) is 2.39. The van der Waals surface area contributed by atoms with Crippen LogP contribution < -0.4 is 0 Å². The molecule has 0 aromatic heterocycles. The summed E-state index contributed by atoms with van der Waals surface area (Å²) in [6, 6.07) is 9.30. The zero-order valence-corrected chi connectivity index (χ0v) is 16.9. The van der Waals surface area contributed by atoms with Crippen LogP contribution in [0.15, 0.2) is 53.0 Å². The highest BCUT2D eigenvalue weighted by Gasteiger charge is 2.47. The summed E-state index contributed by atoms with van der Waals surface area (Å²) in [6.07, 6.45) is -0.669. The second-order valence-corrected chi connectivity index (χ2v) is 7.77. The zero-order valence-electron chi connectivity index (χ0n) is 16.9. The van der Waals surface area contributed by atoms with Gasteiger partial charge < -0.3 is 18.9 Å². The molecule has 154 valence electrons. The number of esters is 2. The average Bonchev–Trinajstić information content (AvgIpc) is 2.69. The van der Waals surface area contributed by atoms with E-state index in [-0.39, 0.29) is 41.1 Å². The molecule has 0 spiro atoms. The monoisotopic (exact) mass is 400 g/mol. The van der Waals surface area contributed by atoms with Gasteiger partial charge in [-0.3, -0.25) is 4.79 Å². The molecule has 0 saturated heterocycles. The van der Waals surface area contributed by atoms with Crippen LogP contribution in [0.5, 0.6) is 0 Å². The van der Waals surface area contributed by atoms with Gasteiger partial charge in [-0.05, 0) is 11.0 Å². The Morgan fingerprint density at radius 1 is 1.10 bits per heavy atom. The van der Waals surface area contributed by atoms with E-state index in [0.29, 0.717) is 12.2 Å². The lowest BCUT2D eigenvalue weighted by Gasteiger charge is -2.37. The van der Waals surface area contributed by atoms with Crippen molar-refractivity contribution in [3.63, 3.8) is 0 Å². The summed E-state index contributed by atoms with van der Waals surface area (Å²) in [5.41, 5.74) is 0.531. The lowest BCUT2D eigenvalue weighted by atomic mass is 9.75. The van der Waals surface area contributed by atoms with Crippen molar-refractivity contribution in [3.05, 3.63) is 58.6 Å². The Labute approximate surface area is 169 Å². The maximum absolute atomic E-state index is 12.9. The Bertz CT molecular complexity index is 893. The van der Waals surface area contributed by atoms with Crippen LogP contribution in [0.2, 0.25) is 0 Å². The van der Waals surface area contributed by atoms with Gasteiger partial charge in [-0.25, -0.2) is 9.59 Å². The second-order valence-electron chi connectivity index (χ2n) is 7.77. The van der Waals surface area contributed by atoms with Gasteiger partial charge in [0.2, 0.25) is 6.10 Å². The van der Waals surface area contributed by atoms with E-state index in [1.807, 2.05) is 44.2 Å². The molecule has 3 rings (SSSR count). The minimum absolute atomic E-state index is 0.0258. The van der Waals surface area contributed by atoms with E-state index >= 15 is 0 Å². The number of ketones is 1. The predicted molar refractivity (Wildman–Crippen MR) is 102 cm³/mol. The van der Waals surface area contributed by atoms with E-state index in [1.165, 1.54) is 14.2 Å². The van der Waals surface area contributed by atoms with Gasteiger partial charge in [0.1, 0.15) is 23.7 Å². The number of rotatable bonds is 5. The van der Waals surface area contributed by atoms with Crippen molar-refractivity contribution in [3.8, 4) is 0 Å². The molecule has 1 aliphatic carbocycles. The minimum Gasteiger partial charge on any atom is -0.487 e. The Balaban J connectivity index is 2.12. The van der Waals surface area contributed by atoms with Crippen molar-refractivity contribution in [1.82, 2.24) is 0 Å². The first kappa shape index (κ1) is 20.6. The van der Waals surface area contributed by atoms with Gasteiger partial charge >= 0.3 is 11.9 Å². The second kappa shape index (κ2) is 8.11. The molecule has 7 heteroatoms. The Hall–Kier alpha value is -3.09. The van der Waals surface area contributed by atoms with Crippen molar-refractivity contribution >= 4 is 17.7 Å². The molecule has 1 atom stereocenters. The highest BCUT2D eigenvalue weighted by Crippen LogP contribution is 2.44. The number of benzene rings is 1. The first-order valence-corrected chi connectivity index (χ1v) is 9.28. The van der Waals surface area contributed by atoms with Crippen LogP contribution in [-0.4, -0.2) is 38.0 Å². The van der Waals surface area contributed by atoms with Crippen molar-refractivity contribution < 1.29 is 33.3 Å². The zero-order chi connectivity index (χ0) is 21.2. The predicted octanol–water partition coefficient (Wildman–Crippen LogP) is 2.85. The standard InChI is InChI=1S/C22H24O7/c1-22(2)10-14(23)16-15(11-22)29-19(21(25)27-4)17(20(24)26-3)18(16)28-12-13-8-6-5-7-9-13/h5-9,19H,10-12H2,1-4H3. The molecule has 1 heterocycles. The van der Waals surface area contributed by atoms with Gasteiger partial charge in [0.25, 0.3) is 0 Å². The van der Waals surface area contributed by atoms with Gasteiger partial charge in [0.15, 0.2) is 5.78 Å². The van der Waals surface area contributed by atoms with Crippen molar-refractivity contribution in [2.75, 3.05) is 14.2 Å². The first-order chi connectivity index (χ1) is 13.8. The molecule has 0 bridgehead atoms. The summed E-state index contributed by atoms with van der Waals surface area (Å²) in [4.78, 5) is 37.9. The molecule has 0 fully saturated rings. The molecular formula is C22H24O7. The normalized spacial score (nSPS) is 20.6. The highest BCUT2D eigenvalue weighted by atomic mass is 16.6. The van der Waals surface area contributed by atoms with E-state index in [1.54, 1.807) is 0 Å². The lowest BCUT2D eigenvalue weighted by Crippen LogP contribution is -2.40. The number of carbonyl (C=O) groups excluding carboxylic acids is 3. The molecule has 2 aliphatic rings. The van der Waals surface area contributed by atoms with Crippen LogP contribution in [0.4, 0.5) is 0 Å². The Kier molecular flexibility index (Phi) is 5.77. The quantitative estimate of drug-likeness (QED) is 0.702. The number of carbonyl (C=O) groups is 3. The molecule has 1 aromatic carbocycles. The summed E-state index contributed by atoms with van der Waals surface area (Å²) in [6.45, 7) is 3.99. The van der Waals surface area contributed by atoms with Gasteiger partial charge in [-0.2, -0.15) is 0 Å². The molecule has 0 N–H and O–H groups in total. The summed E-state index contributed by atoms with van der Waals surface area (Å²) in [5, 5.41) is 0. The van der Waals surface area contributed by atoms with Crippen LogP contribution in [0.3, 0.4) is 0 Å². The average molecular weight is 400 g/mol. The van der Waals surface area contributed by atoms with Gasteiger partial charge in [0.05, 0.1) is 19.8 Å². The van der Waals surface area contributed by atoms with Gasteiger partial charge in [-0.1, -0.05) is 44.2 Å². The molecular weight excluding hydrogens is 376 g/mol. The van der Waals surface area contributed by atoms with Crippen LogP contribution in [0, 0.1) is 5.41 Å². The number of allylic oxidation sites excluding steroid dienone is 2. The summed E-state index contributed by atoms with van der Waals surface area (Å²) < 4.78 is 21.4. The van der Waals surface area contributed by atoms with E-state index in [9.17, 15) is 14.4 Å². The molecule has 0 amide bonds. The number of methoxy groups -OCH3 is 2. The highest BCUT2D eigenvalue weighted by molar-refractivity contribution is 6.06. The molecule has 7 nitrogen and oxygen atoms in total. The maximum atomic E-state index is 12.9. The molecule has 29 heavy (non-hydrogen) atoms. The fraction of sp³-hybridized carbons (Fsp3) is 0.409. The van der Waals surface area contributed by atoms with Gasteiger partial charge in [-0.15, -0.1) is 0 Å². The minimum atomic E-state index is -1.36. The maximum Gasteiger partial charge on any atom is 0.352 e. The van der Waals surface area contributed by atoms with E-state index in [2.05, 4.69) is 0 Å². The fourth-order valence-electron chi connectivity index (χ4n) is 3.54. The topological polar surface area (TPSA) is 88.1 Å². The number of hydrogen-bond donors (Lipinski definition) is 0. The smallest absolute Gasteiger partial charge is 0.352 e. The first-order valence-electron chi connectivity index (χ1n) is 9.28. The Morgan fingerprint density at radius 3 is 2.41 bits per heavy atom. The van der Waals surface area contributed by atoms with Crippen molar-refractivity contribution in [1.29, 1.82) is 0 Å². The molecule has 1 unspecified atom stereocenters. The molecule has 1 aromatic rings. The van der Waals surface area contributed by atoms with Crippen molar-refractivity contribution in [2.45, 2.75) is 39.4 Å². The number of Topliss-reactive ketones (excluding diaryl/α,β-unsaturated/α-hetero) is 1. The number of hydrogen-bond acceptors (Lipinski definition) is 7. The van der Waals surface area contributed by atoms with Crippen LogP contribution in [0.1, 0.15) is 32.3 Å². The summed E-state index contributed by atoms with van der Waals surface area (Å²) >= 11 is 0. The largest absolute Gasteiger partial charge is 0.487 e. The SMILES string of the molecule is COC(=O)C1=C(OCc2ccccc2)C2=C(CC(C)(C)CC2=O)OC1C(=O)OC. The third-order valence-electron chi connectivity index (χ3n) is 4.88. The van der Waals surface area contributed by atoms with Crippen LogP contribution in [-0.2, 0) is 39.9 Å². The van der Waals surface area contributed by atoms with E-state index in [4.69, 9.17) is 18.9 Å². The third-order valence-corrected chi connectivity index (χ3v) is 4.88. The molecule has 0 radical (unpaired) electrons. The van der Waals surface area contributed by atoms with Gasteiger partial charge in [0, 0.05) is 12.8 Å². The lowest BCUT2D eigenvalue weighted by molar-refractivity contribution is -0.154. The fourth-order valence-corrected chi connectivity index (χ4v) is 3.54. The molecule has 1 aliphatic heterocycles. The third kappa shape index (κ3) is 4.18.